The molecule has 5 heteroatoms. The van der Waals surface area contributed by atoms with Crippen molar-refractivity contribution in [3.63, 3.8) is 0 Å². The van der Waals surface area contributed by atoms with Gasteiger partial charge in [0.05, 0.1) is 17.3 Å². The number of phenols is 1. The molecule has 0 fully saturated rings. The van der Waals surface area contributed by atoms with E-state index in [-0.39, 0.29) is 24.0 Å². The molecule has 0 bridgehead atoms. The molecule has 0 saturated heterocycles. The molecule has 0 amide bonds. The Balaban J connectivity index is 2.88. The van der Waals surface area contributed by atoms with Crippen molar-refractivity contribution < 1.29 is 14.9 Å². The van der Waals surface area contributed by atoms with Gasteiger partial charge in [-0.15, -0.1) is 0 Å². The van der Waals surface area contributed by atoms with Gasteiger partial charge in [0.25, 0.3) is 0 Å². The molecule has 0 heterocycles. The standard InChI is InChI=1S/C8H10ClNO3/c9-5-3-6(10)8(4-7(5)12)13-2-1-11/h3-4,11-12H,1-2,10H2. The fourth-order valence-electron chi connectivity index (χ4n) is 0.839. The van der Waals surface area contributed by atoms with E-state index < -0.39 is 0 Å². The van der Waals surface area contributed by atoms with Crippen molar-refractivity contribution in [1.82, 2.24) is 0 Å². The second-order valence-electron chi connectivity index (χ2n) is 2.41. The Hall–Kier alpha value is -1.13. The Labute approximate surface area is 80.5 Å². The summed E-state index contributed by atoms with van der Waals surface area (Å²) in [7, 11) is 0. The number of nitrogens with two attached hydrogens (primary N) is 1. The van der Waals surface area contributed by atoms with E-state index >= 15 is 0 Å². The number of anilines is 1. The summed E-state index contributed by atoms with van der Waals surface area (Å²) >= 11 is 5.59. The first-order valence-electron chi connectivity index (χ1n) is 3.66. The van der Waals surface area contributed by atoms with E-state index in [9.17, 15) is 5.11 Å². The number of aliphatic hydroxyl groups excluding tert-OH is 1. The van der Waals surface area contributed by atoms with Crippen LogP contribution in [-0.4, -0.2) is 23.4 Å². The summed E-state index contributed by atoms with van der Waals surface area (Å²) in [6, 6.07) is 2.71. The van der Waals surface area contributed by atoms with Crippen molar-refractivity contribution in [2.24, 2.45) is 0 Å². The molecule has 1 aromatic carbocycles. The number of aromatic hydroxyl groups is 1. The van der Waals surface area contributed by atoms with E-state index in [2.05, 4.69) is 0 Å². The van der Waals surface area contributed by atoms with Gasteiger partial charge in [0.15, 0.2) is 0 Å². The van der Waals surface area contributed by atoms with Gasteiger partial charge < -0.3 is 20.7 Å². The van der Waals surface area contributed by atoms with E-state index in [4.69, 9.17) is 27.2 Å². The normalized spacial score (nSPS) is 10.0. The number of ether oxygens (including phenoxy) is 1. The van der Waals surface area contributed by atoms with Crippen LogP contribution in [0, 0.1) is 0 Å². The van der Waals surface area contributed by atoms with Crippen LogP contribution in [0.15, 0.2) is 12.1 Å². The highest BCUT2D eigenvalue weighted by Crippen LogP contribution is 2.33. The molecule has 0 aliphatic heterocycles. The third-order valence-electron chi connectivity index (χ3n) is 1.43. The average molecular weight is 204 g/mol. The molecule has 0 aliphatic rings. The van der Waals surface area contributed by atoms with Crippen LogP contribution in [0.1, 0.15) is 0 Å². The van der Waals surface area contributed by atoms with Crippen molar-refractivity contribution in [2.75, 3.05) is 18.9 Å². The summed E-state index contributed by atoms with van der Waals surface area (Å²) in [6.07, 6.45) is 0. The van der Waals surface area contributed by atoms with Gasteiger partial charge in [-0.05, 0) is 6.07 Å². The first-order chi connectivity index (χ1) is 6.15. The molecule has 4 N–H and O–H groups in total. The van der Waals surface area contributed by atoms with Crippen LogP contribution >= 0.6 is 11.6 Å². The van der Waals surface area contributed by atoms with Crippen molar-refractivity contribution in [2.45, 2.75) is 0 Å². The third kappa shape index (κ3) is 2.40. The lowest BCUT2D eigenvalue weighted by Crippen LogP contribution is -2.03. The van der Waals surface area contributed by atoms with Gasteiger partial charge >= 0.3 is 0 Å². The highest BCUT2D eigenvalue weighted by atomic mass is 35.5. The Kier molecular flexibility index (Phi) is 3.22. The second kappa shape index (κ2) is 4.20. The van der Waals surface area contributed by atoms with E-state index in [1.807, 2.05) is 0 Å². The van der Waals surface area contributed by atoms with E-state index in [1.165, 1.54) is 12.1 Å². The zero-order valence-corrected chi connectivity index (χ0v) is 7.58. The number of aliphatic hydroxyl groups is 1. The topological polar surface area (TPSA) is 75.7 Å². The molecule has 0 aromatic heterocycles. The maximum Gasteiger partial charge on any atom is 0.146 e. The van der Waals surface area contributed by atoms with Crippen molar-refractivity contribution in [3.05, 3.63) is 17.2 Å². The van der Waals surface area contributed by atoms with Crippen LogP contribution in [0.4, 0.5) is 5.69 Å². The summed E-state index contributed by atoms with van der Waals surface area (Å²) in [4.78, 5) is 0. The highest BCUT2D eigenvalue weighted by Gasteiger charge is 2.05. The average Bonchev–Trinajstić information content (AvgIpc) is 2.09. The van der Waals surface area contributed by atoms with E-state index in [0.717, 1.165) is 0 Å². The van der Waals surface area contributed by atoms with Crippen LogP contribution in [0.3, 0.4) is 0 Å². The number of hydrogen-bond acceptors (Lipinski definition) is 4. The molecule has 0 radical (unpaired) electrons. The van der Waals surface area contributed by atoms with Crippen molar-refractivity contribution >= 4 is 17.3 Å². The molecular formula is C8H10ClNO3. The maximum atomic E-state index is 9.19. The molecule has 13 heavy (non-hydrogen) atoms. The lowest BCUT2D eigenvalue weighted by molar-refractivity contribution is 0.201. The van der Waals surface area contributed by atoms with Crippen LogP contribution in [0.5, 0.6) is 11.5 Å². The minimum atomic E-state index is -0.108. The minimum absolute atomic E-state index is 0.0937. The number of halogens is 1. The quantitative estimate of drug-likeness (QED) is 0.506. The number of benzene rings is 1. The van der Waals surface area contributed by atoms with Crippen LogP contribution in [0.2, 0.25) is 5.02 Å². The largest absolute Gasteiger partial charge is 0.506 e. The molecule has 1 rings (SSSR count). The van der Waals surface area contributed by atoms with Gasteiger partial charge in [0.2, 0.25) is 0 Å². The van der Waals surface area contributed by atoms with Gasteiger partial charge in [0, 0.05) is 6.07 Å². The summed E-state index contributed by atoms with van der Waals surface area (Å²) in [5.41, 5.74) is 5.86. The van der Waals surface area contributed by atoms with Gasteiger partial charge in [-0.1, -0.05) is 11.6 Å². The van der Waals surface area contributed by atoms with E-state index in [1.54, 1.807) is 0 Å². The Morgan fingerprint density at radius 3 is 2.77 bits per heavy atom. The molecule has 0 atom stereocenters. The zero-order valence-electron chi connectivity index (χ0n) is 6.83. The molecular weight excluding hydrogens is 194 g/mol. The van der Waals surface area contributed by atoms with Gasteiger partial charge in [-0.25, -0.2) is 0 Å². The lowest BCUT2D eigenvalue weighted by atomic mass is 10.3. The van der Waals surface area contributed by atoms with Crippen molar-refractivity contribution in [3.8, 4) is 11.5 Å². The number of rotatable bonds is 3. The Morgan fingerprint density at radius 2 is 2.15 bits per heavy atom. The monoisotopic (exact) mass is 203 g/mol. The fourth-order valence-corrected chi connectivity index (χ4v) is 1.01. The molecule has 0 saturated carbocycles. The molecule has 4 nitrogen and oxygen atoms in total. The van der Waals surface area contributed by atoms with Gasteiger partial charge in [0.1, 0.15) is 18.1 Å². The van der Waals surface area contributed by atoms with E-state index in [0.29, 0.717) is 11.4 Å². The van der Waals surface area contributed by atoms with Gasteiger partial charge in [-0.2, -0.15) is 0 Å². The first kappa shape index (κ1) is 9.95. The van der Waals surface area contributed by atoms with Crippen molar-refractivity contribution in [1.29, 1.82) is 0 Å². The number of hydrogen-bond donors (Lipinski definition) is 3. The second-order valence-corrected chi connectivity index (χ2v) is 2.82. The Morgan fingerprint density at radius 1 is 1.46 bits per heavy atom. The predicted molar refractivity (Wildman–Crippen MR) is 50.1 cm³/mol. The molecule has 0 aliphatic carbocycles. The van der Waals surface area contributed by atoms with Crippen LogP contribution in [0.25, 0.3) is 0 Å². The summed E-state index contributed by atoms with van der Waals surface area (Å²) in [6.45, 7) is 0.0219. The molecule has 0 unspecified atom stereocenters. The zero-order chi connectivity index (χ0) is 9.84. The number of phenolic OH excluding ortho intramolecular Hbond substituents is 1. The Bertz CT molecular complexity index is 304. The van der Waals surface area contributed by atoms with Crippen LogP contribution in [-0.2, 0) is 0 Å². The SMILES string of the molecule is Nc1cc(Cl)c(O)cc1OCCO. The summed E-state index contributed by atoms with van der Waals surface area (Å²) in [5.74, 6) is 0.222. The minimum Gasteiger partial charge on any atom is -0.506 e. The third-order valence-corrected chi connectivity index (χ3v) is 1.73. The molecule has 72 valence electrons. The molecule has 1 aromatic rings. The van der Waals surface area contributed by atoms with Crippen LogP contribution < -0.4 is 10.5 Å². The molecule has 0 spiro atoms. The summed E-state index contributed by atoms with van der Waals surface area (Å²) in [5, 5.41) is 17.9. The smallest absolute Gasteiger partial charge is 0.146 e. The summed E-state index contributed by atoms with van der Waals surface area (Å²) < 4.78 is 5.03. The predicted octanol–water partition coefficient (Wildman–Crippen LogP) is 0.999. The van der Waals surface area contributed by atoms with Gasteiger partial charge in [-0.3, -0.25) is 0 Å². The maximum absolute atomic E-state index is 9.19. The fraction of sp³-hybridized carbons (Fsp3) is 0.250. The number of nitrogen functional groups attached to an aromatic ring is 1. The highest BCUT2D eigenvalue weighted by molar-refractivity contribution is 6.32. The first-order valence-corrected chi connectivity index (χ1v) is 4.04. The lowest BCUT2D eigenvalue weighted by Gasteiger charge is -2.08.